The Kier molecular flexibility index (Phi) is 5.04. The molecule has 0 aromatic heterocycles. The van der Waals surface area contributed by atoms with Crippen LogP contribution < -0.4 is 5.73 Å². The van der Waals surface area contributed by atoms with E-state index in [-0.39, 0.29) is 22.0 Å². The number of carbonyl (C=O) groups excluding carboxylic acids is 1. The van der Waals surface area contributed by atoms with Crippen LogP contribution in [0.3, 0.4) is 0 Å². The summed E-state index contributed by atoms with van der Waals surface area (Å²) in [4.78, 5) is 12.3. The Morgan fingerprint density at radius 2 is 1.48 bits per heavy atom. The van der Waals surface area contributed by atoms with Crippen LogP contribution in [-0.2, 0) is 15.6 Å². The lowest BCUT2D eigenvalue weighted by Gasteiger charge is -2.28. The van der Waals surface area contributed by atoms with Crippen LogP contribution in [0.5, 0.6) is 5.75 Å². The predicted molar refractivity (Wildman–Crippen MR) is 90.0 cm³/mol. The molecule has 0 aliphatic carbocycles. The fourth-order valence-corrected chi connectivity index (χ4v) is 2.98. The average molecular weight is 309 g/mol. The molecule has 3 N–H and O–H groups in total. The third-order valence-electron chi connectivity index (χ3n) is 3.41. The predicted octanol–water partition coefficient (Wildman–Crippen LogP) is 3.95. The van der Waals surface area contributed by atoms with Crippen molar-refractivity contribution in [1.29, 1.82) is 0 Å². The molecule has 1 aromatic rings. The minimum absolute atomic E-state index is 0.170. The van der Waals surface area contributed by atoms with E-state index in [0.717, 1.165) is 16.0 Å². The molecule has 1 amide bonds. The molecule has 0 aliphatic heterocycles. The fraction of sp³-hybridized carbons (Fsp3) is 0.588. The molecule has 1 unspecified atom stereocenters. The van der Waals surface area contributed by atoms with Gasteiger partial charge in [-0.25, -0.2) is 0 Å². The lowest BCUT2D eigenvalue weighted by molar-refractivity contribution is -0.117. The van der Waals surface area contributed by atoms with Gasteiger partial charge < -0.3 is 10.8 Å². The van der Waals surface area contributed by atoms with E-state index in [0.29, 0.717) is 5.75 Å². The van der Waals surface area contributed by atoms with Crippen molar-refractivity contribution in [2.24, 2.45) is 5.73 Å². The lowest BCUT2D eigenvalue weighted by Crippen LogP contribution is -2.23. The highest BCUT2D eigenvalue weighted by Crippen LogP contribution is 2.42. The Balaban J connectivity index is 3.44. The summed E-state index contributed by atoms with van der Waals surface area (Å²) in [5, 5.41) is 10.3. The molecule has 0 spiro atoms. The summed E-state index contributed by atoms with van der Waals surface area (Å²) in [5.74, 6) is 0.0220. The van der Waals surface area contributed by atoms with Crippen molar-refractivity contribution in [3.05, 3.63) is 23.3 Å². The van der Waals surface area contributed by atoms with Crippen molar-refractivity contribution in [1.82, 2.24) is 0 Å². The zero-order valence-electron chi connectivity index (χ0n) is 14.1. The number of thioether (sulfide) groups is 1. The third-order valence-corrected chi connectivity index (χ3v) is 4.51. The molecule has 0 saturated carbocycles. The van der Waals surface area contributed by atoms with E-state index in [1.807, 2.05) is 12.1 Å². The number of hydrogen-bond acceptors (Lipinski definition) is 3. The van der Waals surface area contributed by atoms with Gasteiger partial charge in [0.05, 0.1) is 5.25 Å². The van der Waals surface area contributed by atoms with Gasteiger partial charge in [-0.05, 0) is 29.9 Å². The van der Waals surface area contributed by atoms with Crippen molar-refractivity contribution < 1.29 is 9.90 Å². The minimum Gasteiger partial charge on any atom is -0.507 e. The Morgan fingerprint density at radius 3 is 1.76 bits per heavy atom. The number of rotatable bonds is 3. The van der Waals surface area contributed by atoms with Gasteiger partial charge in [0.1, 0.15) is 5.75 Å². The van der Waals surface area contributed by atoms with Crippen LogP contribution in [0.2, 0.25) is 0 Å². The number of hydrogen-bond donors (Lipinski definition) is 2. The van der Waals surface area contributed by atoms with Gasteiger partial charge in [0.2, 0.25) is 5.91 Å². The van der Waals surface area contributed by atoms with Gasteiger partial charge in [-0.15, -0.1) is 11.8 Å². The molecule has 1 aromatic carbocycles. The highest BCUT2D eigenvalue weighted by Gasteiger charge is 2.27. The summed E-state index contributed by atoms with van der Waals surface area (Å²) < 4.78 is 0. The smallest absolute Gasteiger partial charge is 0.230 e. The maximum atomic E-state index is 11.3. The molecule has 118 valence electrons. The van der Waals surface area contributed by atoms with Gasteiger partial charge in [0.25, 0.3) is 0 Å². The van der Waals surface area contributed by atoms with Crippen LogP contribution in [-0.4, -0.2) is 16.3 Å². The second-order valence-electron chi connectivity index (χ2n) is 7.53. The Morgan fingerprint density at radius 1 is 1.10 bits per heavy atom. The summed E-state index contributed by atoms with van der Waals surface area (Å²) in [6.45, 7) is 14.2. The Hall–Kier alpha value is -1.16. The van der Waals surface area contributed by atoms with Gasteiger partial charge in [0.15, 0.2) is 0 Å². The first-order valence-electron chi connectivity index (χ1n) is 7.18. The maximum Gasteiger partial charge on any atom is 0.230 e. The summed E-state index contributed by atoms with van der Waals surface area (Å²) in [5.41, 5.74) is 6.81. The third kappa shape index (κ3) is 4.40. The first kappa shape index (κ1) is 17.9. The summed E-state index contributed by atoms with van der Waals surface area (Å²) in [6, 6.07) is 3.93. The van der Waals surface area contributed by atoms with Gasteiger partial charge in [-0.3, -0.25) is 4.79 Å². The number of benzene rings is 1. The molecule has 0 fully saturated rings. The standard InChI is InChI=1S/C17H27NO2S/c1-10(15(18)20)21-11-8-12(16(2,3)4)14(19)13(9-11)17(5,6)7/h8-10,19H,1-7H3,(H2,18,20). The molecule has 1 rings (SSSR count). The highest BCUT2D eigenvalue weighted by atomic mass is 32.2. The van der Waals surface area contributed by atoms with Crippen LogP contribution in [0, 0.1) is 0 Å². The molecule has 4 heteroatoms. The first-order chi connectivity index (χ1) is 9.34. The van der Waals surface area contributed by atoms with Crippen LogP contribution in [0.15, 0.2) is 17.0 Å². The SMILES string of the molecule is CC(Sc1cc(C(C)(C)C)c(O)c(C(C)(C)C)c1)C(N)=O. The van der Waals surface area contributed by atoms with Crippen LogP contribution in [0.4, 0.5) is 0 Å². The second-order valence-corrected chi connectivity index (χ2v) is 8.94. The number of primary amides is 1. The van der Waals surface area contributed by atoms with Crippen molar-refractivity contribution in [3.8, 4) is 5.75 Å². The molecule has 0 aliphatic rings. The number of carbonyl (C=O) groups is 1. The average Bonchev–Trinajstić information content (AvgIpc) is 2.27. The van der Waals surface area contributed by atoms with Gasteiger partial charge >= 0.3 is 0 Å². The van der Waals surface area contributed by atoms with E-state index in [2.05, 4.69) is 41.5 Å². The molecule has 21 heavy (non-hydrogen) atoms. The molecule has 0 bridgehead atoms. The summed E-state index contributed by atoms with van der Waals surface area (Å²) in [6.07, 6.45) is 0. The highest BCUT2D eigenvalue weighted by molar-refractivity contribution is 8.00. The van der Waals surface area contributed by atoms with Crippen molar-refractivity contribution in [3.63, 3.8) is 0 Å². The maximum absolute atomic E-state index is 11.3. The van der Waals surface area contributed by atoms with Crippen molar-refractivity contribution in [2.45, 2.75) is 69.4 Å². The number of nitrogens with two attached hydrogens (primary N) is 1. The van der Waals surface area contributed by atoms with E-state index >= 15 is 0 Å². The molecular weight excluding hydrogens is 282 g/mol. The molecular formula is C17H27NO2S. The van der Waals surface area contributed by atoms with E-state index < -0.39 is 0 Å². The summed E-state index contributed by atoms with van der Waals surface area (Å²) >= 11 is 1.44. The van der Waals surface area contributed by atoms with Crippen LogP contribution in [0.1, 0.15) is 59.6 Å². The largest absolute Gasteiger partial charge is 0.507 e. The zero-order valence-corrected chi connectivity index (χ0v) is 14.9. The Labute approximate surface area is 132 Å². The van der Waals surface area contributed by atoms with Crippen LogP contribution in [0.25, 0.3) is 0 Å². The van der Waals surface area contributed by atoms with E-state index in [9.17, 15) is 9.90 Å². The van der Waals surface area contributed by atoms with Gasteiger partial charge in [-0.1, -0.05) is 41.5 Å². The van der Waals surface area contributed by atoms with Crippen molar-refractivity contribution >= 4 is 17.7 Å². The fourth-order valence-electron chi connectivity index (χ4n) is 2.08. The molecule has 3 nitrogen and oxygen atoms in total. The van der Waals surface area contributed by atoms with E-state index in [1.54, 1.807) is 6.92 Å². The normalized spacial score (nSPS) is 14.0. The lowest BCUT2D eigenvalue weighted by atomic mass is 9.79. The monoisotopic (exact) mass is 309 g/mol. The zero-order chi connectivity index (χ0) is 16.6. The molecule has 0 radical (unpaired) electrons. The minimum atomic E-state index is -0.331. The quantitative estimate of drug-likeness (QED) is 0.831. The molecule has 1 atom stereocenters. The van der Waals surface area contributed by atoms with E-state index in [4.69, 9.17) is 5.73 Å². The van der Waals surface area contributed by atoms with Crippen molar-refractivity contribution in [2.75, 3.05) is 0 Å². The molecule has 0 heterocycles. The Bertz CT molecular complexity index is 504. The van der Waals surface area contributed by atoms with Gasteiger partial charge in [0, 0.05) is 16.0 Å². The molecule has 0 saturated heterocycles. The first-order valence-corrected chi connectivity index (χ1v) is 8.06. The van der Waals surface area contributed by atoms with E-state index in [1.165, 1.54) is 11.8 Å². The topological polar surface area (TPSA) is 63.3 Å². The number of aromatic hydroxyl groups is 1. The van der Waals surface area contributed by atoms with Gasteiger partial charge in [-0.2, -0.15) is 0 Å². The second kappa shape index (κ2) is 5.91. The number of amides is 1. The van der Waals surface area contributed by atoms with Crippen LogP contribution >= 0.6 is 11.8 Å². The number of phenolic OH excluding ortho intramolecular Hbond substituents is 1. The number of phenols is 1. The summed E-state index contributed by atoms with van der Waals surface area (Å²) in [7, 11) is 0.